The van der Waals surface area contributed by atoms with Crippen LogP contribution >= 0.6 is 11.6 Å². The standard InChI is InChI=1S/C20H24ClNO/c21-15-10-9-11-16(14-15)22-20(23)19-17-12-7-5-3-1-2-4-6-8-13-18(17)19/h3-6,9-11,14,17-19H,1-2,7-8,12-13H2,(H,22,23). The van der Waals surface area contributed by atoms with Crippen LogP contribution in [0.2, 0.25) is 5.02 Å². The van der Waals surface area contributed by atoms with Crippen molar-refractivity contribution >= 4 is 23.2 Å². The zero-order chi connectivity index (χ0) is 16.1. The molecular formula is C20H24ClNO. The van der Waals surface area contributed by atoms with E-state index in [1.54, 1.807) is 6.07 Å². The van der Waals surface area contributed by atoms with E-state index in [2.05, 4.69) is 29.6 Å². The third-order valence-corrected chi connectivity index (χ3v) is 5.13. The van der Waals surface area contributed by atoms with Crippen LogP contribution in [0.15, 0.2) is 48.6 Å². The maximum absolute atomic E-state index is 12.6. The maximum atomic E-state index is 12.6. The predicted octanol–water partition coefficient (Wildman–Crippen LogP) is 5.61. The molecule has 0 aliphatic heterocycles. The van der Waals surface area contributed by atoms with E-state index in [1.165, 1.54) is 0 Å². The minimum absolute atomic E-state index is 0.157. The summed E-state index contributed by atoms with van der Waals surface area (Å²) in [4.78, 5) is 12.6. The van der Waals surface area contributed by atoms with Gasteiger partial charge in [-0.25, -0.2) is 0 Å². The summed E-state index contributed by atoms with van der Waals surface area (Å²) in [5.41, 5.74) is 0.796. The summed E-state index contributed by atoms with van der Waals surface area (Å²) in [6, 6.07) is 7.38. The van der Waals surface area contributed by atoms with E-state index in [9.17, 15) is 4.79 Å². The summed E-state index contributed by atoms with van der Waals surface area (Å²) < 4.78 is 0. The molecule has 0 aromatic heterocycles. The SMILES string of the molecule is O=C(Nc1cccc(Cl)c1)C1C2CCC=CCCC=CCCC21. The van der Waals surface area contributed by atoms with Gasteiger partial charge in [0.05, 0.1) is 0 Å². The van der Waals surface area contributed by atoms with E-state index in [4.69, 9.17) is 11.6 Å². The van der Waals surface area contributed by atoms with Crippen LogP contribution in [-0.4, -0.2) is 5.91 Å². The minimum Gasteiger partial charge on any atom is -0.326 e. The third kappa shape index (κ3) is 4.48. The molecule has 0 bridgehead atoms. The quantitative estimate of drug-likeness (QED) is 0.702. The van der Waals surface area contributed by atoms with Gasteiger partial charge in [-0.1, -0.05) is 42.0 Å². The fourth-order valence-electron chi connectivity index (χ4n) is 3.65. The summed E-state index contributed by atoms with van der Waals surface area (Å²) >= 11 is 5.99. The zero-order valence-corrected chi connectivity index (χ0v) is 14.1. The minimum atomic E-state index is 0.157. The Bertz CT molecular complexity index is 583. The normalized spacial score (nSPS) is 27.4. The third-order valence-electron chi connectivity index (χ3n) is 4.89. The number of carbonyl (C=O) groups is 1. The van der Waals surface area contributed by atoms with Gasteiger partial charge in [0, 0.05) is 16.6 Å². The lowest BCUT2D eigenvalue weighted by Gasteiger charge is -2.05. The number of nitrogens with one attached hydrogen (secondary N) is 1. The van der Waals surface area contributed by atoms with Crippen molar-refractivity contribution in [2.24, 2.45) is 17.8 Å². The molecule has 0 saturated heterocycles. The number of rotatable bonds is 2. The van der Waals surface area contributed by atoms with Gasteiger partial charge < -0.3 is 5.32 Å². The number of halogens is 1. The largest absolute Gasteiger partial charge is 0.326 e. The number of amides is 1. The summed E-state index contributed by atoms with van der Waals surface area (Å²) in [5, 5.41) is 3.69. The van der Waals surface area contributed by atoms with Gasteiger partial charge in [0.15, 0.2) is 0 Å². The van der Waals surface area contributed by atoms with Gasteiger partial charge in [-0.3, -0.25) is 4.79 Å². The van der Waals surface area contributed by atoms with Gasteiger partial charge in [0.25, 0.3) is 0 Å². The lowest BCUT2D eigenvalue weighted by molar-refractivity contribution is -0.117. The first-order chi connectivity index (χ1) is 11.3. The molecule has 1 saturated carbocycles. The van der Waals surface area contributed by atoms with Crippen molar-refractivity contribution in [3.8, 4) is 0 Å². The molecule has 2 aliphatic rings. The molecule has 3 heteroatoms. The van der Waals surface area contributed by atoms with Crippen molar-refractivity contribution in [2.75, 3.05) is 5.32 Å². The molecule has 1 N–H and O–H groups in total. The van der Waals surface area contributed by atoms with E-state index < -0.39 is 0 Å². The molecule has 3 rings (SSSR count). The van der Waals surface area contributed by atoms with Gasteiger partial charge >= 0.3 is 0 Å². The maximum Gasteiger partial charge on any atom is 0.228 e. The second-order valence-corrected chi connectivity index (χ2v) is 6.96. The van der Waals surface area contributed by atoms with Crippen molar-refractivity contribution in [3.63, 3.8) is 0 Å². The Labute approximate surface area is 143 Å². The van der Waals surface area contributed by atoms with E-state index in [0.29, 0.717) is 16.9 Å². The Morgan fingerprint density at radius 1 is 0.957 bits per heavy atom. The molecule has 0 radical (unpaired) electrons. The summed E-state index contributed by atoms with van der Waals surface area (Å²) in [6.07, 6.45) is 15.8. The molecular weight excluding hydrogens is 306 g/mol. The van der Waals surface area contributed by atoms with Crippen LogP contribution in [0.3, 0.4) is 0 Å². The fourth-order valence-corrected chi connectivity index (χ4v) is 3.84. The second kappa shape index (κ2) is 7.83. The average molecular weight is 330 g/mol. The smallest absolute Gasteiger partial charge is 0.228 e. The molecule has 2 atom stereocenters. The Kier molecular flexibility index (Phi) is 5.56. The number of hydrogen-bond donors (Lipinski definition) is 1. The van der Waals surface area contributed by atoms with Crippen LogP contribution < -0.4 is 5.32 Å². The van der Waals surface area contributed by atoms with Crippen molar-refractivity contribution < 1.29 is 4.79 Å². The molecule has 23 heavy (non-hydrogen) atoms. The number of anilines is 1. The fraction of sp³-hybridized carbons (Fsp3) is 0.450. The Balaban J connectivity index is 1.61. The Morgan fingerprint density at radius 3 is 2.17 bits per heavy atom. The van der Waals surface area contributed by atoms with E-state index >= 15 is 0 Å². The molecule has 2 unspecified atom stereocenters. The number of hydrogen-bond acceptors (Lipinski definition) is 1. The van der Waals surface area contributed by atoms with Crippen LogP contribution in [0.5, 0.6) is 0 Å². The van der Waals surface area contributed by atoms with Gasteiger partial charge in [-0.05, 0) is 68.6 Å². The van der Waals surface area contributed by atoms with Crippen LogP contribution in [-0.2, 0) is 4.79 Å². The number of benzene rings is 1. The van der Waals surface area contributed by atoms with E-state index in [1.807, 2.05) is 18.2 Å². The molecule has 1 aromatic rings. The van der Waals surface area contributed by atoms with E-state index in [0.717, 1.165) is 44.2 Å². The topological polar surface area (TPSA) is 29.1 Å². The first kappa shape index (κ1) is 16.3. The molecule has 2 aliphatic carbocycles. The van der Waals surface area contributed by atoms with Crippen molar-refractivity contribution in [2.45, 2.75) is 38.5 Å². The average Bonchev–Trinajstić information content (AvgIpc) is 3.20. The molecule has 0 spiro atoms. The highest BCUT2D eigenvalue weighted by Gasteiger charge is 2.52. The number of allylic oxidation sites excluding steroid dienone is 4. The van der Waals surface area contributed by atoms with Crippen molar-refractivity contribution in [3.05, 3.63) is 53.6 Å². The first-order valence-electron chi connectivity index (χ1n) is 8.62. The summed E-state index contributed by atoms with van der Waals surface area (Å²) in [5.74, 6) is 1.39. The second-order valence-electron chi connectivity index (χ2n) is 6.53. The lowest BCUT2D eigenvalue weighted by Crippen LogP contribution is -2.15. The predicted molar refractivity (Wildman–Crippen MR) is 96.5 cm³/mol. The highest BCUT2D eigenvalue weighted by molar-refractivity contribution is 6.30. The van der Waals surface area contributed by atoms with Crippen LogP contribution in [0.4, 0.5) is 5.69 Å². The van der Waals surface area contributed by atoms with E-state index in [-0.39, 0.29) is 11.8 Å². The van der Waals surface area contributed by atoms with Gasteiger partial charge in [0.1, 0.15) is 0 Å². The van der Waals surface area contributed by atoms with Crippen molar-refractivity contribution in [1.29, 1.82) is 0 Å². The molecule has 1 aromatic carbocycles. The van der Waals surface area contributed by atoms with Crippen molar-refractivity contribution in [1.82, 2.24) is 0 Å². The van der Waals surface area contributed by atoms with Crippen LogP contribution in [0.25, 0.3) is 0 Å². The van der Waals surface area contributed by atoms with Gasteiger partial charge in [0.2, 0.25) is 5.91 Å². The van der Waals surface area contributed by atoms with Gasteiger partial charge in [-0.2, -0.15) is 0 Å². The highest BCUT2D eigenvalue weighted by atomic mass is 35.5. The zero-order valence-electron chi connectivity index (χ0n) is 13.4. The summed E-state index contributed by atoms with van der Waals surface area (Å²) in [7, 11) is 0. The molecule has 0 heterocycles. The Morgan fingerprint density at radius 2 is 1.57 bits per heavy atom. The lowest BCUT2D eigenvalue weighted by atomic mass is 10.1. The Hall–Kier alpha value is -1.54. The summed E-state index contributed by atoms with van der Waals surface area (Å²) in [6.45, 7) is 0. The van der Waals surface area contributed by atoms with Crippen LogP contribution in [0, 0.1) is 17.8 Å². The first-order valence-corrected chi connectivity index (χ1v) is 9.00. The monoisotopic (exact) mass is 329 g/mol. The molecule has 122 valence electrons. The highest BCUT2D eigenvalue weighted by Crippen LogP contribution is 2.52. The van der Waals surface area contributed by atoms with Gasteiger partial charge in [-0.15, -0.1) is 0 Å². The van der Waals surface area contributed by atoms with Crippen LogP contribution in [0.1, 0.15) is 38.5 Å². The molecule has 1 fully saturated rings. The number of fused-ring (bicyclic) bond motifs is 1. The molecule has 1 amide bonds. The molecule has 2 nitrogen and oxygen atoms in total. The number of carbonyl (C=O) groups excluding carboxylic acids is 1.